The van der Waals surface area contributed by atoms with Crippen molar-refractivity contribution >= 4 is 16.9 Å². The zero-order chi connectivity index (χ0) is 21.2. The van der Waals surface area contributed by atoms with Crippen LogP contribution in [0.1, 0.15) is 16.1 Å². The van der Waals surface area contributed by atoms with E-state index in [0.29, 0.717) is 29.8 Å². The summed E-state index contributed by atoms with van der Waals surface area (Å²) in [6.07, 6.45) is 5.51. The molecule has 3 N–H and O–H groups in total. The Bertz CT molecular complexity index is 1340. The van der Waals surface area contributed by atoms with Crippen molar-refractivity contribution in [1.29, 1.82) is 0 Å². The normalized spacial score (nSPS) is 11.1. The highest BCUT2D eigenvalue weighted by molar-refractivity contribution is 5.98. The lowest BCUT2D eigenvalue weighted by Crippen LogP contribution is -2.26. The Hall–Kier alpha value is -4.27. The van der Waals surface area contributed by atoms with E-state index in [-0.39, 0.29) is 5.56 Å². The number of carbonyl (C=O) groups excluding carboxylic acids is 1. The van der Waals surface area contributed by atoms with Crippen molar-refractivity contribution in [2.24, 2.45) is 0 Å². The molecular formula is C22H18FN7O. The SMILES string of the molecule is O=C(NCCc1cnc[nH]1)c1cc2nc(-c3ccnn3-c3ccccc3)[nH]c2cc1F. The number of hydrogen-bond donors (Lipinski definition) is 3. The zero-order valence-electron chi connectivity index (χ0n) is 16.3. The van der Waals surface area contributed by atoms with Crippen LogP contribution in [0.3, 0.4) is 0 Å². The van der Waals surface area contributed by atoms with E-state index >= 15 is 0 Å². The number of benzene rings is 2. The average Bonchev–Trinajstić information content (AvgIpc) is 3.53. The van der Waals surface area contributed by atoms with Gasteiger partial charge >= 0.3 is 0 Å². The second-order valence-electron chi connectivity index (χ2n) is 6.98. The Labute approximate surface area is 176 Å². The van der Waals surface area contributed by atoms with Crippen LogP contribution in [0, 0.1) is 5.82 Å². The minimum Gasteiger partial charge on any atom is -0.352 e. The molecule has 2 aromatic carbocycles. The number of rotatable bonds is 6. The van der Waals surface area contributed by atoms with Gasteiger partial charge in [-0.3, -0.25) is 4.79 Å². The molecule has 0 aliphatic rings. The molecule has 0 bridgehead atoms. The van der Waals surface area contributed by atoms with Gasteiger partial charge in [-0.25, -0.2) is 19.0 Å². The van der Waals surface area contributed by atoms with Crippen LogP contribution in [-0.2, 0) is 6.42 Å². The van der Waals surface area contributed by atoms with E-state index in [0.717, 1.165) is 17.1 Å². The molecule has 0 saturated carbocycles. The van der Waals surface area contributed by atoms with Crippen molar-refractivity contribution in [1.82, 2.24) is 35.0 Å². The summed E-state index contributed by atoms with van der Waals surface area (Å²) in [5.41, 5.74) is 3.45. The van der Waals surface area contributed by atoms with Crippen LogP contribution < -0.4 is 5.32 Å². The van der Waals surface area contributed by atoms with Crippen molar-refractivity contribution < 1.29 is 9.18 Å². The number of nitrogens with zero attached hydrogens (tertiary/aromatic N) is 4. The number of aromatic amines is 2. The highest BCUT2D eigenvalue weighted by atomic mass is 19.1. The van der Waals surface area contributed by atoms with Gasteiger partial charge in [0.25, 0.3) is 5.91 Å². The highest BCUT2D eigenvalue weighted by Crippen LogP contribution is 2.24. The third-order valence-corrected chi connectivity index (χ3v) is 4.94. The highest BCUT2D eigenvalue weighted by Gasteiger charge is 2.17. The Morgan fingerprint density at radius 1 is 1.16 bits per heavy atom. The lowest BCUT2D eigenvalue weighted by Gasteiger charge is -2.05. The Kier molecular flexibility index (Phi) is 4.75. The molecule has 0 saturated heterocycles. The Morgan fingerprint density at radius 2 is 2.03 bits per heavy atom. The predicted octanol–water partition coefficient (Wildman–Crippen LogP) is 3.25. The first-order valence-corrected chi connectivity index (χ1v) is 9.73. The second kappa shape index (κ2) is 7.86. The molecule has 0 aliphatic carbocycles. The minimum absolute atomic E-state index is 0.0493. The Morgan fingerprint density at radius 3 is 2.84 bits per heavy atom. The number of fused-ring (bicyclic) bond motifs is 1. The van der Waals surface area contributed by atoms with E-state index < -0.39 is 11.7 Å². The van der Waals surface area contributed by atoms with Crippen molar-refractivity contribution in [2.75, 3.05) is 6.54 Å². The van der Waals surface area contributed by atoms with Crippen molar-refractivity contribution in [3.8, 4) is 17.2 Å². The van der Waals surface area contributed by atoms with Crippen LogP contribution in [0.5, 0.6) is 0 Å². The molecule has 0 fully saturated rings. The van der Waals surface area contributed by atoms with Gasteiger partial charge in [0, 0.05) is 30.9 Å². The van der Waals surface area contributed by atoms with E-state index in [1.54, 1.807) is 23.4 Å². The van der Waals surface area contributed by atoms with Gasteiger partial charge in [0.2, 0.25) is 0 Å². The largest absolute Gasteiger partial charge is 0.352 e. The number of para-hydroxylation sites is 1. The molecule has 3 heterocycles. The molecule has 31 heavy (non-hydrogen) atoms. The van der Waals surface area contributed by atoms with Gasteiger partial charge in [0.15, 0.2) is 5.82 Å². The van der Waals surface area contributed by atoms with Gasteiger partial charge < -0.3 is 15.3 Å². The fourth-order valence-corrected chi connectivity index (χ4v) is 3.41. The van der Waals surface area contributed by atoms with E-state index in [1.807, 2.05) is 36.4 Å². The summed E-state index contributed by atoms with van der Waals surface area (Å²) in [6.45, 7) is 0.362. The topological polar surface area (TPSA) is 104 Å². The standard InChI is InChI=1S/C22H18FN7O/c23-17-11-19-18(10-16(17)22(31)25-8-6-14-12-24-13-26-14)28-21(29-19)20-7-9-27-30(20)15-4-2-1-3-5-15/h1-5,7,9-13H,6,8H2,(H,24,26)(H,25,31)(H,28,29). The third-order valence-electron chi connectivity index (χ3n) is 4.94. The third kappa shape index (κ3) is 3.68. The van der Waals surface area contributed by atoms with Gasteiger partial charge in [-0.1, -0.05) is 18.2 Å². The fraction of sp³-hybridized carbons (Fsp3) is 0.0909. The van der Waals surface area contributed by atoms with Crippen LogP contribution in [0.25, 0.3) is 28.2 Å². The van der Waals surface area contributed by atoms with Crippen LogP contribution in [0.15, 0.2) is 67.3 Å². The molecule has 0 spiro atoms. The van der Waals surface area contributed by atoms with Gasteiger partial charge in [-0.2, -0.15) is 5.10 Å². The predicted molar refractivity (Wildman–Crippen MR) is 113 cm³/mol. The average molecular weight is 415 g/mol. The molecule has 0 radical (unpaired) electrons. The van der Waals surface area contributed by atoms with Gasteiger partial charge in [0.05, 0.1) is 34.8 Å². The smallest absolute Gasteiger partial charge is 0.254 e. The van der Waals surface area contributed by atoms with Crippen LogP contribution in [0.2, 0.25) is 0 Å². The summed E-state index contributed by atoms with van der Waals surface area (Å²) < 4.78 is 16.4. The summed E-state index contributed by atoms with van der Waals surface area (Å²) in [5.74, 6) is -0.566. The van der Waals surface area contributed by atoms with Crippen LogP contribution in [0.4, 0.5) is 4.39 Å². The lowest BCUT2D eigenvalue weighted by atomic mass is 10.1. The number of imidazole rings is 2. The number of carbonyl (C=O) groups is 1. The molecule has 5 rings (SSSR count). The first-order chi connectivity index (χ1) is 15.2. The maximum atomic E-state index is 14.6. The zero-order valence-corrected chi connectivity index (χ0v) is 16.3. The summed E-state index contributed by atoms with van der Waals surface area (Å²) in [5, 5.41) is 7.09. The number of aromatic nitrogens is 6. The number of halogens is 1. The summed E-state index contributed by atoms with van der Waals surface area (Å²) >= 11 is 0. The quantitative estimate of drug-likeness (QED) is 0.396. The number of amides is 1. The molecule has 0 aliphatic heterocycles. The van der Waals surface area contributed by atoms with Crippen LogP contribution in [-0.4, -0.2) is 42.2 Å². The van der Waals surface area contributed by atoms with E-state index in [1.165, 1.54) is 12.1 Å². The van der Waals surface area contributed by atoms with Crippen molar-refractivity contribution in [3.05, 3.63) is 84.3 Å². The molecule has 154 valence electrons. The molecule has 1 amide bonds. The number of nitrogens with one attached hydrogen (secondary N) is 3. The molecule has 9 heteroatoms. The fourth-order valence-electron chi connectivity index (χ4n) is 3.41. The maximum Gasteiger partial charge on any atom is 0.254 e. The van der Waals surface area contributed by atoms with Gasteiger partial charge in [-0.05, 0) is 24.3 Å². The molecule has 0 atom stereocenters. The van der Waals surface area contributed by atoms with Crippen LogP contribution >= 0.6 is 0 Å². The van der Waals surface area contributed by atoms with Crippen molar-refractivity contribution in [2.45, 2.75) is 6.42 Å². The molecular weight excluding hydrogens is 397 g/mol. The minimum atomic E-state index is -0.613. The van der Waals surface area contributed by atoms with Gasteiger partial charge in [0.1, 0.15) is 11.5 Å². The molecule has 5 aromatic rings. The maximum absolute atomic E-state index is 14.6. The first kappa shape index (κ1) is 18.7. The summed E-state index contributed by atoms with van der Waals surface area (Å²) in [6, 6.07) is 14.2. The first-order valence-electron chi connectivity index (χ1n) is 9.73. The Balaban J connectivity index is 1.41. The van der Waals surface area contributed by atoms with Gasteiger partial charge in [-0.15, -0.1) is 0 Å². The van der Waals surface area contributed by atoms with E-state index in [2.05, 4.69) is 30.4 Å². The van der Waals surface area contributed by atoms with E-state index in [9.17, 15) is 9.18 Å². The second-order valence-corrected chi connectivity index (χ2v) is 6.98. The summed E-state index contributed by atoms with van der Waals surface area (Å²) in [7, 11) is 0. The molecule has 8 nitrogen and oxygen atoms in total. The molecule has 0 unspecified atom stereocenters. The molecule has 3 aromatic heterocycles. The summed E-state index contributed by atoms with van der Waals surface area (Å²) in [4.78, 5) is 27.1. The number of H-pyrrole nitrogens is 2. The number of hydrogen-bond acceptors (Lipinski definition) is 4. The lowest BCUT2D eigenvalue weighted by molar-refractivity contribution is 0.0950. The monoisotopic (exact) mass is 415 g/mol. The van der Waals surface area contributed by atoms with E-state index in [4.69, 9.17) is 0 Å². The van der Waals surface area contributed by atoms with Crippen molar-refractivity contribution in [3.63, 3.8) is 0 Å².